The lowest BCUT2D eigenvalue weighted by atomic mass is 10.2. The van der Waals surface area contributed by atoms with Gasteiger partial charge in [0.25, 0.3) is 5.91 Å². The molecule has 2 N–H and O–H groups in total. The predicted octanol–water partition coefficient (Wildman–Crippen LogP) is 2.13. The maximum absolute atomic E-state index is 12.1. The Labute approximate surface area is 135 Å². The number of methoxy groups -OCH3 is 1. The SMILES string of the molecule is CCN(CC)C(=O)NCCNC(=O)c1cc(Cl)ccc1OC. The van der Waals surface area contributed by atoms with Crippen LogP contribution in [0.5, 0.6) is 5.75 Å². The largest absolute Gasteiger partial charge is 0.496 e. The van der Waals surface area contributed by atoms with Gasteiger partial charge in [-0.3, -0.25) is 4.79 Å². The van der Waals surface area contributed by atoms with Gasteiger partial charge in [0.15, 0.2) is 0 Å². The number of nitrogens with zero attached hydrogens (tertiary/aromatic N) is 1. The van der Waals surface area contributed by atoms with Gasteiger partial charge in [-0.2, -0.15) is 0 Å². The number of urea groups is 1. The molecule has 0 spiro atoms. The van der Waals surface area contributed by atoms with Crippen molar-refractivity contribution >= 4 is 23.5 Å². The normalized spacial score (nSPS) is 10.0. The summed E-state index contributed by atoms with van der Waals surface area (Å²) in [6, 6.07) is 4.70. The monoisotopic (exact) mass is 327 g/mol. The van der Waals surface area contributed by atoms with Gasteiger partial charge >= 0.3 is 6.03 Å². The van der Waals surface area contributed by atoms with Crippen molar-refractivity contribution in [3.63, 3.8) is 0 Å². The number of carbonyl (C=O) groups is 2. The Balaban J connectivity index is 2.47. The minimum Gasteiger partial charge on any atom is -0.496 e. The van der Waals surface area contributed by atoms with Crippen molar-refractivity contribution in [2.45, 2.75) is 13.8 Å². The van der Waals surface area contributed by atoms with Gasteiger partial charge in [0, 0.05) is 31.2 Å². The average Bonchev–Trinajstić information content (AvgIpc) is 2.52. The van der Waals surface area contributed by atoms with Crippen LogP contribution in [0.15, 0.2) is 18.2 Å². The van der Waals surface area contributed by atoms with E-state index in [2.05, 4.69) is 10.6 Å². The zero-order valence-corrected chi connectivity index (χ0v) is 13.9. The fraction of sp³-hybridized carbons (Fsp3) is 0.467. The minimum atomic E-state index is -0.295. The first-order valence-corrected chi connectivity index (χ1v) is 7.55. The number of hydrogen-bond donors (Lipinski definition) is 2. The molecule has 0 aliphatic rings. The van der Waals surface area contributed by atoms with E-state index in [0.29, 0.717) is 42.5 Å². The van der Waals surface area contributed by atoms with E-state index in [-0.39, 0.29) is 11.9 Å². The van der Waals surface area contributed by atoms with Crippen molar-refractivity contribution in [3.8, 4) is 5.75 Å². The molecule has 0 saturated carbocycles. The third-order valence-electron chi connectivity index (χ3n) is 3.14. The summed E-state index contributed by atoms with van der Waals surface area (Å²) >= 11 is 5.89. The highest BCUT2D eigenvalue weighted by Gasteiger charge is 2.13. The molecule has 22 heavy (non-hydrogen) atoms. The molecule has 3 amide bonds. The van der Waals surface area contributed by atoms with Crippen molar-refractivity contribution in [1.29, 1.82) is 0 Å². The van der Waals surface area contributed by atoms with Gasteiger partial charge in [-0.05, 0) is 32.0 Å². The third-order valence-corrected chi connectivity index (χ3v) is 3.38. The van der Waals surface area contributed by atoms with E-state index >= 15 is 0 Å². The summed E-state index contributed by atoms with van der Waals surface area (Å²) < 4.78 is 5.13. The molecule has 0 aromatic heterocycles. The van der Waals surface area contributed by atoms with Crippen molar-refractivity contribution < 1.29 is 14.3 Å². The summed E-state index contributed by atoms with van der Waals surface area (Å²) in [5.74, 6) is 0.158. The van der Waals surface area contributed by atoms with E-state index < -0.39 is 0 Å². The topological polar surface area (TPSA) is 70.7 Å². The van der Waals surface area contributed by atoms with Crippen LogP contribution in [0.1, 0.15) is 24.2 Å². The third kappa shape index (κ3) is 5.11. The van der Waals surface area contributed by atoms with Crippen molar-refractivity contribution in [3.05, 3.63) is 28.8 Å². The molecule has 1 aromatic carbocycles. The van der Waals surface area contributed by atoms with Crippen LogP contribution < -0.4 is 15.4 Å². The lowest BCUT2D eigenvalue weighted by Crippen LogP contribution is -2.42. The first kappa shape index (κ1) is 18.1. The van der Waals surface area contributed by atoms with Gasteiger partial charge < -0.3 is 20.3 Å². The zero-order chi connectivity index (χ0) is 16.5. The molecule has 7 heteroatoms. The standard InChI is InChI=1S/C15H22ClN3O3/c1-4-19(5-2)15(21)18-9-8-17-14(20)12-10-11(16)6-7-13(12)22-3/h6-7,10H,4-5,8-9H2,1-3H3,(H,17,20)(H,18,21). The Morgan fingerprint density at radius 2 is 1.82 bits per heavy atom. The number of hydrogen-bond acceptors (Lipinski definition) is 3. The second kappa shape index (κ2) is 9.15. The molecule has 0 bridgehead atoms. The first-order valence-electron chi connectivity index (χ1n) is 7.18. The highest BCUT2D eigenvalue weighted by atomic mass is 35.5. The molecule has 0 radical (unpaired) electrons. The molecule has 1 aromatic rings. The van der Waals surface area contributed by atoms with E-state index in [4.69, 9.17) is 16.3 Å². The van der Waals surface area contributed by atoms with E-state index in [1.54, 1.807) is 23.1 Å². The number of ether oxygens (including phenoxy) is 1. The number of benzene rings is 1. The minimum absolute atomic E-state index is 0.139. The smallest absolute Gasteiger partial charge is 0.317 e. The van der Waals surface area contributed by atoms with E-state index in [0.717, 1.165) is 0 Å². The van der Waals surface area contributed by atoms with Crippen LogP contribution in [0.4, 0.5) is 4.79 Å². The second-order valence-corrected chi connectivity index (χ2v) is 4.94. The van der Waals surface area contributed by atoms with Gasteiger partial charge in [-0.15, -0.1) is 0 Å². The fourth-order valence-electron chi connectivity index (χ4n) is 1.92. The number of rotatable bonds is 7. The summed E-state index contributed by atoms with van der Waals surface area (Å²) in [5, 5.41) is 5.93. The van der Waals surface area contributed by atoms with E-state index in [1.165, 1.54) is 7.11 Å². The fourth-order valence-corrected chi connectivity index (χ4v) is 2.09. The van der Waals surface area contributed by atoms with Gasteiger partial charge in [-0.25, -0.2) is 4.79 Å². The molecule has 0 unspecified atom stereocenters. The average molecular weight is 328 g/mol. The zero-order valence-electron chi connectivity index (χ0n) is 13.1. The summed E-state index contributed by atoms with van der Waals surface area (Å²) in [4.78, 5) is 25.5. The Morgan fingerprint density at radius 1 is 1.18 bits per heavy atom. The Kier molecular flexibility index (Phi) is 7.52. The Bertz CT molecular complexity index is 519. The summed E-state index contributed by atoms with van der Waals surface area (Å²) in [6.45, 7) is 5.79. The molecular formula is C15H22ClN3O3. The predicted molar refractivity (Wildman–Crippen MR) is 86.7 cm³/mol. The quantitative estimate of drug-likeness (QED) is 0.754. The van der Waals surface area contributed by atoms with Crippen molar-refractivity contribution in [2.75, 3.05) is 33.3 Å². The number of amides is 3. The van der Waals surface area contributed by atoms with Crippen LogP contribution in [0.3, 0.4) is 0 Å². The summed E-state index contributed by atoms with van der Waals surface area (Å²) in [7, 11) is 1.49. The number of carbonyl (C=O) groups excluding carboxylic acids is 2. The summed E-state index contributed by atoms with van der Waals surface area (Å²) in [5.41, 5.74) is 0.366. The molecule has 0 aliphatic heterocycles. The van der Waals surface area contributed by atoms with Gasteiger partial charge in [0.2, 0.25) is 0 Å². The Hall–Kier alpha value is -1.95. The van der Waals surface area contributed by atoms with E-state index in [9.17, 15) is 9.59 Å². The molecule has 0 atom stereocenters. The Morgan fingerprint density at radius 3 is 2.41 bits per heavy atom. The molecule has 0 aliphatic carbocycles. The second-order valence-electron chi connectivity index (χ2n) is 4.50. The van der Waals surface area contributed by atoms with Crippen molar-refractivity contribution in [2.24, 2.45) is 0 Å². The maximum atomic E-state index is 12.1. The van der Waals surface area contributed by atoms with Crippen LogP contribution in [0, 0.1) is 0 Å². The van der Waals surface area contributed by atoms with Crippen LogP contribution >= 0.6 is 11.6 Å². The van der Waals surface area contributed by atoms with Crippen molar-refractivity contribution in [1.82, 2.24) is 15.5 Å². The highest BCUT2D eigenvalue weighted by Crippen LogP contribution is 2.22. The molecular weight excluding hydrogens is 306 g/mol. The number of nitrogens with one attached hydrogen (secondary N) is 2. The molecule has 0 saturated heterocycles. The van der Waals surface area contributed by atoms with Crippen LogP contribution in [-0.4, -0.2) is 50.1 Å². The molecule has 122 valence electrons. The molecule has 0 fully saturated rings. The lowest BCUT2D eigenvalue weighted by Gasteiger charge is -2.19. The molecule has 1 rings (SSSR count). The first-order chi connectivity index (χ1) is 10.5. The molecule has 0 heterocycles. The summed E-state index contributed by atoms with van der Waals surface area (Å²) in [6.07, 6.45) is 0. The van der Waals surface area contributed by atoms with Gasteiger partial charge in [-0.1, -0.05) is 11.6 Å². The van der Waals surface area contributed by atoms with Crippen LogP contribution in [0.2, 0.25) is 5.02 Å². The van der Waals surface area contributed by atoms with Crippen LogP contribution in [-0.2, 0) is 0 Å². The lowest BCUT2D eigenvalue weighted by molar-refractivity contribution is 0.0950. The van der Waals surface area contributed by atoms with Gasteiger partial charge in [0.1, 0.15) is 5.75 Å². The number of halogens is 1. The highest BCUT2D eigenvalue weighted by molar-refractivity contribution is 6.31. The molecule has 6 nitrogen and oxygen atoms in total. The van der Waals surface area contributed by atoms with E-state index in [1.807, 2.05) is 13.8 Å². The van der Waals surface area contributed by atoms with Crippen LogP contribution in [0.25, 0.3) is 0 Å². The van der Waals surface area contributed by atoms with Gasteiger partial charge in [0.05, 0.1) is 12.7 Å². The maximum Gasteiger partial charge on any atom is 0.317 e.